The predicted molar refractivity (Wildman–Crippen MR) is 89.7 cm³/mol. The van der Waals surface area contributed by atoms with Gasteiger partial charge in [-0.25, -0.2) is 15.0 Å². The molecule has 126 valence electrons. The van der Waals surface area contributed by atoms with Gasteiger partial charge in [0.25, 0.3) is 11.6 Å². The summed E-state index contributed by atoms with van der Waals surface area (Å²) in [6.07, 6.45) is 4.71. The van der Waals surface area contributed by atoms with Crippen molar-refractivity contribution in [2.45, 2.75) is 13.8 Å². The van der Waals surface area contributed by atoms with E-state index in [0.29, 0.717) is 11.4 Å². The fourth-order valence-corrected chi connectivity index (χ4v) is 2.42. The van der Waals surface area contributed by atoms with Crippen molar-refractivity contribution in [3.8, 4) is 5.82 Å². The molecule has 9 heteroatoms. The molecular weight excluding hydrogens is 324 g/mol. The maximum Gasteiger partial charge on any atom is 0.273 e. The van der Waals surface area contributed by atoms with Gasteiger partial charge in [0.15, 0.2) is 0 Å². The molecule has 25 heavy (non-hydrogen) atoms. The minimum Gasteiger partial charge on any atom is -0.306 e. The maximum absolute atomic E-state index is 12.5. The molecule has 0 spiro atoms. The zero-order chi connectivity index (χ0) is 18.0. The molecular formula is C16H14N6O3. The van der Waals surface area contributed by atoms with Gasteiger partial charge in [-0.15, -0.1) is 0 Å². The minimum atomic E-state index is -0.517. The van der Waals surface area contributed by atoms with Gasteiger partial charge < -0.3 is 5.32 Å². The van der Waals surface area contributed by atoms with E-state index in [1.54, 1.807) is 23.0 Å². The standard InChI is InChI=1S/C16H14N6O3/c1-10-12(4-3-5-13(10)22(24)25)16(23)20-14-8-15(19-9-18-14)21-7-6-17-11(21)2/h3-9H,1-2H3,(H,18,19,20,23). The van der Waals surface area contributed by atoms with Crippen molar-refractivity contribution in [2.24, 2.45) is 0 Å². The normalized spacial score (nSPS) is 10.5. The molecule has 3 rings (SSSR count). The zero-order valence-electron chi connectivity index (χ0n) is 13.5. The molecule has 0 atom stereocenters. The molecule has 0 fully saturated rings. The van der Waals surface area contributed by atoms with Crippen LogP contribution in [0.2, 0.25) is 0 Å². The lowest BCUT2D eigenvalue weighted by Crippen LogP contribution is -2.15. The first kappa shape index (κ1) is 16.2. The van der Waals surface area contributed by atoms with Gasteiger partial charge in [-0.1, -0.05) is 6.07 Å². The molecule has 0 aliphatic carbocycles. The Kier molecular flexibility index (Phi) is 4.21. The van der Waals surface area contributed by atoms with Crippen LogP contribution in [0.5, 0.6) is 0 Å². The van der Waals surface area contributed by atoms with Crippen LogP contribution in [0.3, 0.4) is 0 Å². The number of hydrogen-bond acceptors (Lipinski definition) is 6. The monoisotopic (exact) mass is 338 g/mol. The van der Waals surface area contributed by atoms with E-state index in [-0.39, 0.29) is 17.1 Å². The first-order chi connectivity index (χ1) is 12.0. The molecule has 2 aromatic heterocycles. The fourth-order valence-electron chi connectivity index (χ4n) is 2.42. The summed E-state index contributed by atoms with van der Waals surface area (Å²) in [4.78, 5) is 35.2. The summed E-state index contributed by atoms with van der Waals surface area (Å²) in [7, 11) is 0. The molecule has 0 saturated carbocycles. The van der Waals surface area contributed by atoms with E-state index in [0.717, 1.165) is 5.82 Å². The van der Waals surface area contributed by atoms with Crippen molar-refractivity contribution < 1.29 is 9.72 Å². The van der Waals surface area contributed by atoms with Crippen molar-refractivity contribution in [1.82, 2.24) is 19.5 Å². The van der Waals surface area contributed by atoms with E-state index in [4.69, 9.17) is 0 Å². The van der Waals surface area contributed by atoms with E-state index in [1.807, 2.05) is 6.92 Å². The van der Waals surface area contributed by atoms with Crippen LogP contribution in [-0.2, 0) is 0 Å². The lowest BCUT2D eigenvalue weighted by atomic mass is 10.1. The van der Waals surface area contributed by atoms with Crippen LogP contribution in [0.15, 0.2) is 43.0 Å². The van der Waals surface area contributed by atoms with Crippen LogP contribution >= 0.6 is 0 Å². The summed E-state index contributed by atoms with van der Waals surface area (Å²) in [5.74, 6) is 1.10. The first-order valence-electron chi connectivity index (χ1n) is 7.35. The molecule has 0 aliphatic rings. The highest BCUT2D eigenvalue weighted by atomic mass is 16.6. The van der Waals surface area contributed by atoms with Crippen molar-refractivity contribution in [3.63, 3.8) is 0 Å². The highest BCUT2D eigenvalue weighted by molar-refractivity contribution is 6.05. The lowest BCUT2D eigenvalue weighted by Gasteiger charge is -2.09. The van der Waals surface area contributed by atoms with Crippen LogP contribution in [-0.4, -0.2) is 30.3 Å². The topological polar surface area (TPSA) is 116 Å². The molecule has 0 saturated heterocycles. The molecule has 0 bridgehead atoms. The number of carbonyl (C=O) groups excluding carboxylic acids is 1. The third-order valence-corrected chi connectivity index (χ3v) is 3.71. The number of nitro groups is 1. The zero-order valence-corrected chi connectivity index (χ0v) is 13.5. The molecule has 0 radical (unpaired) electrons. The second-order valence-corrected chi connectivity index (χ2v) is 5.27. The number of nitrogens with zero attached hydrogens (tertiary/aromatic N) is 5. The Morgan fingerprint density at radius 1 is 1.24 bits per heavy atom. The second-order valence-electron chi connectivity index (χ2n) is 5.27. The van der Waals surface area contributed by atoms with Crippen molar-refractivity contribution in [1.29, 1.82) is 0 Å². The summed E-state index contributed by atoms with van der Waals surface area (Å²) < 4.78 is 1.75. The van der Waals surface area contributed by atoms with Crippen LogP contribution < -0.4 is 5.32 Å². The highest BCUT2D eigenvalue weighted by Crippen LogP contribution is 2.22. The number of hydrogen-bond donors (Lipinski definition) is 1. The number of benzene rings is 1. The van der Waals surface area contributed by atoms with Gasteiger partial charge in [0.1, 0.15) is 23.8 Å². The van der Waals surface area contributed by atoms with E-state index in [2.05, 4.69) is 20.3 Å². The Labute approximate surface area is 142 Å². The Morgan fingerprint density at radius 3 is 2.72 bits per heavy atom. The summed E-state index contributed by atoms with van der Waals surface area (Å²) in [5.41, 5.74) is 0.406. The molecule has 9 nitrogen and oxygen atoms in total. The van der Waals surface area contributed by atoms with Crippen LogP contribution in [0.4, 0.5) is 11.5 Å². The summed E-state index contributed by atoms with van der Waals surface area (Å²) in [6.45, 7) is 3.36. The summed E-state index contributed by atoms with van der Waals surface area (Å²) in [6, 6.07) is 5.95. The number of carbonyl (C=O) groups is 1. The van der Waals surface area contributed by atoms with E-state index >= 15 is 0 Å². The summed E-state index contributed by atoms with van der Waals surface area (Å²) in [5, 5.41) is 13.6. The van der Waals surface area contributed by atoms with E-state index < -0.39 is 10.8 Å². The molecule has 0 aliphatic heterocycles. The highest BCUT2D eigenvalue weighted by Gasteiger charge is 2.18. The number of nitrogens with one attached hydrogen (secondary N) is 1. The van der Waals surface area contributed by atoms with Crippen molar-refractivity contribution in [3.05, 3.63) is 70.1 Å². The molecule has 3 aromatic rings. The Hall–Kier alpha value is -3.62. The number of amides is 1. The number of aryl methyl sites for hydroxylation is 1. The second kappa shape index (κ2) is 6.48. The molecule has 1 amide bonds. The Morgan fingerprint density at radius 2 is 2.04 bits per heavy atom. The fraction of sp³-hybridized carbons (Fsp3) is 0.125. The largest absolute Gasteiger partial charge is 0.306 e. The SMILES string of the molecule is Cc1c(C(=O)Nc2cc(-n3ccnc3C)ncn2)cccc1[N+](=O)[O-]. The van der Waals surface area contributed by atoms with Gasteiger partial charge in [-0.05, 0) is 19.9 Å². The van der Waals surface area contributed by atoms with Crippen LogP contribution in [0, 0.1) is 24.0 Å². The molecule has 1 N–H and O–H groups in total. The van der Waals surface area contributed by atoms with Gasteiger partial charge in [0, 0.05) is 35.7 Å². The van der Waals surface area contributed by atoms with E-state index in [9.17, 15) is 14.9 Å². The number of aromatic nitrogens is 4. The first-order valence-corrected chi connectivity index (χ1v) is 7.35. The van der Waals surface area contributed by atoms with Crippen molar-refractivity contribution in [2.75, 3.05) is 5.32 Å². The number of rotatable bonds is 4. The average molecular weight is 338 g/mol. The Bertz CT molecular complexity index is 966. The minimum absolute atomic E-state index is 0.106. The Balaban J connectivity index is 1.89. The summed E-state index contributed by atoms with van der Waals surface area (Å²) >= 11 is 0. The maximum atomic E-state index is 12.5. The number of imidazole rings is 1. The van der Waals surface area contributed by atoms with Gasteiger partial charge in [-0.3, -0.25) is 19.5 Å². The van der Waals surface area contributed by atoms with Crippen LogP contribution in [0.25, 0.3) is 5.82 Å². The molecule has 1 aromatic carbocycles. The average Bonchev–Trinajstić information content (AvgIpc) is 3.01. The number of nitro benzene ring substituents is 1. The smallest absolute Gasteiger partial charge is 0.273 e. The molecule has 0 unspecified atom stereocenters. The third-order valence-electron chi connectivity index (χ3n) is 3.71. The predicted octanol–water partition coefficient (Wildman–Crippen LogP) is 2.44. The van der Waals surface area contributed by atoms with Gasteiger partial charge >= 0.3 is 0 Å². The number of anilines is 1. The lowest BCUT2D eigenvalue weighted by molar-refractivity contribution is -0.385. The van der Waals surface area contributed by atoms with Crippen LogP contribution in [0.1, 0.15) is 21.7 Å². The van der Waals surface area contributed by atoms with Crippen molar-refractivity contribution >= 4 is 17.4 Å². The molecule has 2 heterocycles. The quantitative estimate of drug-likeness (QED) is 0.577. The van der Waals surface area contributed by atoms with Gasteiger partial charge in [0.05, 0.1) is 4.92 Å². The third kappa shape index (κ3) is 3.20. The van der Waals surface area contributed by atoms with Gasteiger partial charge in [-0.2, -0.15) is 0 Å². The van der Waals surface area contributed by atoms with Gasteiger partial charge in [0.2, 0.25) is 0 Å². The van der Waals surface area contributed by atoms with E-state index in [1.165, 1.54) is 31.5 Å².